The van der Waals surface area contributed by atoms with E-state index >= 15 is 0 Å². The number of nitrogens with one attached hydrogen (secondary N) is 1. The number of carbonyl (C=O) groups excluding carboxylic acids is 1. The Balaban J connectivity index is 2.30. The van der Waals surface area contributed by atoms with Crippen LogP contribution in [-0.2, 0) is 9.53 Å². The van der Waals surface area contributed by atoms with Crippen LogP contribution in [0.15, 0.2) is 29.3 Å². The standard InChI is InChI=1S/C20H27N5O3/c1-24(2)8-5-6-20(26)23-18-10-15(12-21)17(22-14-25(3)4)11-19(18)28-16-7-9-27-13-16/h5-6,10-11,14,16H,7-9,13H2,1-4H3,(H,23,26)/b6-5+,22-14?/t16-/m0/s1. The second-order valence-electron chi connectivity index (χ2n) is 6.94. The third kappa shape index (κ3) is 6.68. The molecule has 0 spiro atoms. The van der Waals surface area contributed by atoms with E-state index in [1.165, 1.54) is 6.08 Å². The summed E-state index contributed by atoms with van der Waals surface area (Å²) < 4.78 is 11.4. The van der Waals surface area contributed by atoms with Gasteiger partial charge in [-0.3, -0.25) is 4.79 Å². The lowest BCUT2D eigenvalue weighted by Crippen LogP contribution is -2.18. The molecule has 2 rings (SSSR count). The van der Waals surface area contributed by atoms with Crippen molar-refractivity contribution < 1.29 is 14.3 Å². The number of aliphatic imine (C=N–C) groups is 1. The lowest BCUT2D eigenvalue weighted by Gasteiger charge is -2.17. The van der Waals surface area contributed by atoms with Crippen LogP contribution in [0.4, 0.5) is 11.4 Å². The monoisotopic (exact) mass is 385 g/mol. The SMILES string of the molecule is CN(C)C=Nc1cc(O[C@H]2CCOC2)c(NC(=O)/C=C/CN(C)C)cc1C#N. The Morgan fingerprint density at radius 3 is 2.82 bits per heavy atom. The molecule has 1 aromatic rings. The number of ether oxygens (including phenoxy) is 2. The summed E-state index contributed by atoms with van der Waals surface area (Å²) in [7, 11) is 7.53. The minimum atomic E-state index is -0.289. The molecule has 0 aliphatic carbocycles. The Hall–Kier alpha value is -2.89. The Bertz CT molecular complexity index is 775. The first-order chi connectivity index (χ1) is 13.4. The van der Waals surface area contributed by atoms with Crippen LogP contribution in [0.2, 0.25) is 0 Å². The zero-order valence-corrected chi connectivity index (χ0v) is 16.8. The number of likely N-dealkylation sites (N-methyl/N-ethyl adjacent to an activating group) is 1. The van der Waals surface area contributed by atoms with Gasteiger partial charge < -0.3 is 24.6 Å². The molecule has 8 heteroatoms. The van der Waals surface area contributed by atoms with Crippen molar-refractivity contribution in [2.45, 2.75) is 12.5 Å². The summed E-state index contributed by atoms with van der Waals surface area (Å²) in [6.07, 6.45) is 5.51. The number of rotatable bonds is 8. The number of hydrogen-bond donors (Lipinski definition) is 1. The summed E-state index contributed by atoms with van der Waals surface area (Å²) >= 11 is 0. The molecule has 1 aliphatic heterocycles. The average Bonchev–Trinajstić information content (AvgIpc) is 3.14. The van der Waals surface area contributed by atoms with E-state index < -0.39 is 0 Å². The molecule has 0 bridgehead atoms. The number of carbonyl (C=O) groups is 1. The van der Waals surface area contributed by atoms with E-state index in [2.05, 4.69) is 16.4 Å². The summed E-state index contributed by atoms with van der Waals surface area (Å²) in [5.74, 6) is 0.178. The van der Waals surface area contributed by atoms with E-state index in [1.54, 1.807) is 29.4 Å². The molecule has 1 saturated heterocycles. The summed E-state index contributed by atoms with van der Waals surface area (Å²) in [4.78, 5) is 20.3. The van der Waals surface area contributed by atoms with Crippen LogP contribution in [0.3, 0.4) is 0 Å². The summed E-state index contributed by atoms with van der Waals surface area (Å²) in [5, 5.41) is 12.3. The van der Waals surface area contributed by atoms with Crippen LogP contribution >= 0.6 is 0 Å². The summed E-state index contributed by atoms with van der Waals surface area (Å²) in [6, 6.07) is 5.39. The first-order valence-electron chi connectivity index (χ1n) is 9.04. The van der Waals surface area contributed by atoms with Crippen molar-refractivity contribution in [3.05, 3.63) is 29.8 Å². The van der Waals surface area contributed by atoms with Crippen LogP contribution in [0.5, 0.6) is 5.75 Å². The van der Waals surface area contributed by atoms with Gasteiger partial charge in [0.2, 0.25) is 5.91 Å². The van der Waals surface area contributed by atoms with Gasteiger partial charge in [-0.15, -0.1) is 0 Å². The zero-order chi connectivity index (χ0) is 20.5. The van der Waals surface area contributed by atoms with E-state index in [1.807, 2.05) is 33.1 Å². The van der Waals surface area contributed by atoms with E-state index in [0.717, 1.165) is 6.42 Å². The molecule has 8 nitrogen and oxygen atoms in total. The molecule has 0 unspecified atom stereocenters. The maximum atomic E-state index is 12.3. The quantitative estimate of drug-likeness (QED) is 0.418. The number of nitrogens with zero attached hydrogens (tertiary/aromatic N) is 4. The predicted octanol–water partition coefficient (Wildman–Crippen LogP) is 2.00. The number of nitriles is 1. The van der Waals surface area contributed by atoms with Crippen molar-refractivity contribution >= 4 is 23.6 Å². The average molecular weight is 385 g/mol. The van der Waals surface area contributed by atoms with Crippen LogP contribution in [0.1, 0.15) is 12.0 Å². The van der Waals surface area contributed by atoms with Gasteiger partial charge in [0.05, 0.1) is 36.5 Å². The van der Waals surface area contributed by atoms with Crippen molar-refractivity contribution in [3.63, 3.8) is 0 Å². The molecule has 0 radical (unpaired) electrons. The topological polar surface area (TPSA) is 90.2 Å². The third-order valence-corrected chi connectivity index (χ3v) is 3.83. The van der Waals surface area contributed by atoms with Gasteiger partial charge in [0, 0.05) is 39.2 Å². The first-order valence-corrected chi connectivity index (χ1v) is 9.04. The highest BCUT2D eigenvalue weighted by Gasteiger charge is 2.20. The lowest BCUT2D eigenvalue weighted by molar-refractivity contribution is -0.111. The largest absolute Gasteiger partial charge is 0.486 e. The highest BCUT2D eigenvalue weighted by atomic mass is 16.5. The van der Waals surface area contributed by atoms with Gasteiger partial charge in [-0.05, 0) is 20.2 Å². The second-order valence-corrected chi connectivity index (χ2v) is 6.94. The maximum Gasteiger partial charge on any atom is 0.248 e. The molecular weight excluding hydrogens is 358 g/mol. The van der Waals surface area contributed by atoms with E-state index in [-0.39, 0.29) is 12.0 Å². The molecule has 0 aromatic heterocycles. The van der Waals surface area contributed by atoms with Gasteiger partial charge in [0.25, 0.3) is 0 Å². The van der Waals surface area contributed by atoms with Crippen LogP contribution in [0, 0.1) is 11.3 Å². The Kier molecular flexibility index (Phi) is 7.99. The molecule has 1 atom stereocenters. The molecular formula is C20H27N5O3. The minimum Gasteiger partial charge on any atom is -0.486 e. The van der Waals surface area contributed by atoms with Crippen LogP contribution < -0.4 is 10.1 Å². The number of anilines is 1. The highest BCUT2D eigenvalue weighted by molar-refractivity contribution is 6.00. The molecule has 1 heterocycles. The van der Waals surface area contributed by atoms with E-state index in [0.29, 0.717) is 42.4 Å². The van der Waals surface area contributed by atoms with Crippen LogP contribution in [0.25, 0.3) is 0 Å². The molecule has 1 amide bonds. The number of hydrogen-bond acceptors (Lipinski definition) is 6. The van der Waals surface area contributed by atoms with Gasteiger partial charge in [0.1, 0.15) is 17.9 Å². The normalized spacial score (nSPS) is 16.6. The lowest BCUT2D eigenvalue weighted by atomic mass is 10.1. The fraction of sp³-hybridized carbons (Fsp3) is 0.450. The molecule has 1 aliphatic rings. The van der Waals surface area contributed by atoms with Crippen molar-refractivity contribution in [2.24, 2.45) is 4.99 Å². The highest BCUT2D eigenvalue weighted by Crippen LogP contribution is 2.34. The first kappa shape index (κ1) is 21.4. The van der Waals surface area contributed by atoms with Crippen molar-refractivity contribution in [1.82, 2.24) is 9.80 Å². The molecule has 1 fully saturated rings. The minimum absolute atomic E-state index is 0.0986. The second kappa shape index (κ2) is 10.4. The number of benzene rings is 1. The van der Waals surface area contributed by atoms with Gasteiger partial charge in [0.15, 0.2) is 0 Å². The smallest absolute Gasteiger partial charge is 0.248 e. The maximum absolute atomic E-state index is 12.3. The van der Waals surface area contributed by atoms with Gasteiger partial charge in [-0.25, -0.2) is 4.99 Å². The summed E-state index contributed by atoms with van der Waals surface area (Å²) in [5.41, 5.74) is 1.26. The van der Waals surface area contributed by atoms with E-state index in [4.69, 9.17) is 9.47 Å². The fourth-order valence-electron chi connectivity index (χ4n) is 2.47. The fourth-order valence-corrected chi connectivity index (χ4v) is 2.47. The third-order valence-electron chi connectivity index (χ3n) is 3.83. The Morgan fingerprint density at radius 2 is 2.21 bits per heavy atom. The number of amides is 1. The van der Waals surface area contributed by atoms with Gasteiger partial charge in [-0.2, -0.15) is 5.26 Å². The predicted molar refractivity (Wildman–Crippen MR) is 109 cm³/mol. The van der Waals surface area contributed by atoms with Crippen molar-refractivity contribution in [1.29, 1.82) is 5.26 Å². The van der Waals surface area contributed by atoms with Gasteiger partial charge in [-0.1, -0.05) is 6.08 Å². The van der Waals surface area contributed by atoms with E-state index in [9.17, 15) is 10.1 Å². The zero-order valence-electron chi connectivity index (χ0n) is 16.8. The molecule has 28 heavy (non-hydrogen) atoms. The summed E-state index contributed by atoms with van der Waals surface area (Å²) in [6.45, 7) is 1.78. The van der Waals surface area contributed by atoms with Crippen molar-refractivity contribution in [2.75, 3.05) is 53.3 Å². The van der Waals surface area contributed by atoms with Gasteiger partial charge >= 0.3 is 0 Å². The van der Waals surface area contributed by atoms with Crippen LogP contribution in [-0.4, -0.2) is 76.1 Å². The Morgan fingerprint density at radius 1 is 1.43 bits per heavy atom. The molecule has 1 N–H and O–H groups in total. The molecule has 1 aromatic carbocycles. The molecule has 150 valence electrons. The Labute approximate surface area is 166 Å². The molecule has 0 saturated carbocycles. The van der Waals surface area contributed by atoms with Crippen molar-refractivity contribution in [3.8, 4) is 11.8 Å².